The van der Waals surface area contributed by atoms with E-state index in [4.69, 9.17) is 0 Å². The highest BCUT2D eigenvalue weighted by Gasteiger charge is 2.41. The van der Waals surface area contributed by atoms with Crippen molar-refractivity contribution in [1.29, 1.82) is 0 Å². The standard InChI is InChI=1S/C23H22BrN3O2.ClH/c1-25-18-7-3-2-6-16(18)20(22(25)28)21-17-14-15(24)8-9-19(17)27(23(21)29)13-12-26-10-4-5-11-26;/h2-3,6-9,14H,4-5,10-13H2,1H3;1H/b21-20+;. The van der Waals surface area contributed by atoms with Crippen LogP contribution >= 0.6 is 28.3 Å². The van der Waals surface area contributed by atoms with E-state index >= 15 is 0 Å². The minimum absolute atomic E-state index is 0. The van der Waals surface area contributed by atoms with Crippen molar-refractivity contribution in [2.75, 3.05) is 43.0 Å². The Bertz CT molecular complexity index is 1060. The van der Waals surface area contributed by atoms with E-state index in [1.165, 1.54) is 12.8 Å². The molecular weight excluding hydrogens is 466 g/mol. The van der Waals surface area contributed by atoms with Gasteiger partial charge in [-0.3, -0.25) is 9.59 Å². The van der Waals surface area contributed by atoms with Crippen LogP contribution in [0.3, 0.4) is 0 Å². The first-order chi connectivity index (χ1) is 14.1. The molecule has 0 aromatic heterocycles. The quantitative estimate of drug-likeness (QED) is 0.608. The van der Waals surface area contributed by atoms with Crippen LogP contribution in [0.1, 0.15) is 24.0 Å². The number of amides is 2. The Labute approximate surface area is 190 Å². The largest absolute Gasteiger partial charge is 0.311 e. The zero-order chi connectivity index (χ0) is 20.1. The molecule has 0 spiro atoms. The molecule has 3 heterocycles. The van der Waals surface area contributed by atoms with Gasteiger partial charge in [0.05, 0.1) is 22.5 Å². The Morgan fingerprint density at radius 3 is 2.33 bits per heavy atom. The summed E-state index contributed by atoms with van der Waals surface area (Å²) >= 11 is 3.54. The van der Waals surface area contributed by atoms with Crippen LogP contribution in [0.4, 0.5) is 11.4 Å². The van der Waals surface area contributed by atoms with Gasteiger partial charge in [0.2, 0.25) is 0 Å². The molecule has 0 radical (unpaired) electrons. The van der Waals surface area contributed by atoms with Crippen LogP contribution in [0.2, 0.25) is 0 Å². The van der Waals surface area contributed by atoms with Crippen LogP contribution in [0.25, 0.3) is 11.1 Å². The van der Waals surface area contributed by atoms with E-state index in [1.807, 2.05) is 47.4 Å². The SMILES string of the molecule is CN1C(=O)/C(=C2/C(=O)N(CCN3CCCC3)c3ccc(Br)cc32)c2ccccc21.Cl. The second-order valence-electron chi connectivity index (χ2n) is 7.80. The van der Waals surface area contributed by atoms with Crippen molar-refractivity contribution < 1.29 is 9.59 Å². The summed E-state index contributed by atoms with van der Waals surface area (Å²) in [7, 11) is 1.76. The summed E-state index contributed by atoms with van der Waals surface area (Å²) < 4.78 is 0.899. The molecule has 5 nitrogen and oxygen atoms in total. The third kappa shape index (κ3) is 3.27. The van der Waals surface area contributed by atoms with Gasteiger partial charge in [-0.1, -0.05) is 34.1 Å². The number of likely N-dealkylation sites (tertiary alicyclic amines) is 1. The summed E-state index contributed by atoms with van der Waals surface area (Å²) in [5.41, 5.74) is 4.43. The summed E-state index contributed by atoms with van der Waals surface area (Å²) in [4.78, 5) is 32.6. The third-order valence-corrected chi connectivity index (χ3v) is 6.61. The normalized spacial score (nSPS) is 20.6. The van der Waals surface area contributed by atoms with Gasteiger partial charge >= 0.3 is 0 Å². The molecule has 2 aromatic rings. The van der Waals surface area contributed by atoms with E-state index in [0.29, 0.717) is 17.7 Å². The van der Waals surface area contributed by atoms with Crippen molar-refractivity contribution in [3.63, 3.8) is 0 Å². The Kier molecular flexibility index (Phi) is 5.75. The minimum Gasteiger partial charge on any atom is -0.311 e. The first kappa shape index (κ1) is 21.1. The average Bonchev–Trinajstić information content (AvgIpc) is 3.39. The lowest BCUT2D eigenvalue weighted by molar-refractivity contribution is -0.114. The fraction of sp³-hybridized carbons (Fsp3) is 0.304. The summed E-state index contributed by atoms with van der Waals surface area (Å²) in [6.07, 6.45) is 2.45. The van der Waals surface area contributed by atoms with Crippen LogP contribution in [0.5, 0.6) is 0 Å². The molecule has 1 saturated heterocycles. The van der Waals surface area contributed by atoms with Gasteiger partial charge in [-0.25, -0.2) is 0 Å². The molecule has 0 bridgehead atoms. The number of nitrogens with zero attached hydrogens (tertiary/aromatic N) is 3. The predicted molar refractivity (Wildman–Crippen MR) is 126 cm³/mol. The molecule has 5 rings (SSSR count). The van der Waals surface area contributed by atoms with Gasteiger partial charge in [0.15, 0.2) is 0 Å². The lowest BCUT2D eigenvalue weighted by Gasteiger charge is -2.21. The number of para-hydroxylation sites is 1. The maximum Gasteiger partial charge on any atom is 0.259 e. The van der Waals surface area contributed by atoms with Crippen molar-refractivity contribution in [3.8, 4) is 0 Å². The number of carbonyl (C=O) groups is 2. The molecule has 3 aliphatic heterocycles. The molecule has 2 aromatic carbocycles. The Morgan fingerprint density at radius 2 is 1.57 bits per heavy atom. The number of halogens is 2. The van der Waals surface area contributed by atoms with Crippen LogP contribution in [0.15, 0.2) is 46.9 Å². The zero-order valence-corrected chi connectivity index (χ0v) is 19.1. The van der Waals surface area contributed by atoms with Gasteiger partial charge in [-0.2, -0.15) is 0 Å². The second-order valence-corrected chi connectivity index (χ2v) is 8.71. The van der Waals surface area contributed by atoms with Crippen molar-refractivity contribution in [1.82, 2.24) is 4.90 Å². The van der Waals surface area contributed by atoms with Gasteiger partial charge in [0.1, 0.15) is 0 Å². The van der Waals surface area contributed by atoms with E-state index < -0.39 is 0 Å². The van der Waals surface area contributed by atoms with E-state index in [1.54, 1.807) is 11.9 Å². The molecule has 1 fully saturated rings. The smallest absolute Gasteiger partial charge is 0.259 e. The molecule has 0 aliphatic carbocycles. The van der Waals surface area contributed by atoms with Crippen molar-refractivity contribution in [3.05, 3.63) is 58.1 Å². The maximum absolute atomic E-state index is 13.6. The fourth-order valence-electron chi connectivity index (χ4n) is 4.63. The first-order valence-corrected chi connectivity index (χ1v) is 10.8. The Hall–Kier alpha value is -2.15. The molecule has 0 atom stereocenters. The summed E-state index contributed by atoms with van der Waals surface area (Å²) in [6.45, 7) is 3.68. The van der Waals surface area contributed by atoms with Gasteiger partial charge in [0, 0.05) is 35.7 Å². The topological polar surface area (TPSA) is 43.9 Å². The minimum atomic E-state index is -0.123. The van der Waals surface area contributed by atoms with Crippen LogP contribution in [0, 0.1) is 0 Å². The molecule has 0 saturated carbocycles. The third-order valence-electron chi connectivity index (χ3n) is 6.12. The summed E-state index contributed by atoms with van der Waals surface area (Å²) in [5, 5.41) is 0. The lowest BCUT2D eigenvalue weighted by atomic mass is 9.96. The highest BCUT2D eigenvalue weighted by molar-refractivity contribution is 9.10. The van der Waals surface area contributed by atoms with E-state index in [0.717, 1.165) is 46.6 Å². The number of anilines is 2. The molecule has 156 valence electrons. The number of carbonyl (C=O) groups excluding carboxylic acids is 2. The zero-order valence-electron chi connectivity index (χ0n) is 16.7. The Balaban J connectivity index is 0.00000218. The van der Waals surface area contributed by atoms with E-state index in [2.05, 4.69) is 20.8 Å². The molecule has 0 unspecified atom stereocenters. The van der Waals surface area contributed by atoms with E-state index in [-0.39, 0.29) is 24.2 Å². The monoisotopic (exact) mass is 487 g/mol. The van der Waals surface area contributed by atoms with E-state index in [9.17, 15) is 9.59 Å². The number of rotatable bonds is 3. The molecule has 7 heteroatoms. The van der Waals surface area contributed by atoms with Crippen molar-refractivity contribution in [2.24, 2.45) is 0 Å². The lowest BCUT2D eigenvalue weighted by Crippen LogP contribution is -2.35. The van der Waals surface area contributed by atoms with Gasteiger partial charge < -0.3 is 14.7 Å². The number of benzene rings is 2. The first-order valence-electron chi connectivity index (χ1n) is 10.0. The number of hydrogen-bond donors (Lipinski definition) is 0. The highest BCUT2D eigenvalue weighted by Crippen LogP contribution is 2.46. The maximum atomic E-state index is 13.6. The van der Waals surface area contributed by atoms with Crippen LogP contribution in [-0.2, 0) is 9.59 Å². The van der Waals surface area contributed by atoms with Gasteiger partial charge in [0.25, 0.3) is 11.8 Å². The number of fused-ring (bicyclic) bond motifs is 2. The molecular formula is C23H23BrClN3O2. The van der Waals surface area contributed by atoms with Gasteiger partial charge in [-0.05, 0) is 50.2 Å². The van der Waals surface area contributed by atoms with Gasteiger partial charge in [-0.15, -0.1) is 12.4 Å². The molecule has 2 amide bonds. The average molecular weight is 489 g/mol. The highest BCUT2D eigenvalue weighted by atomic mass is 79.9. The van der Waals surface area contributed by atoms with Crippen LogP contribution in [-0.4, -0.2) is 49.9 Å². The predicted octanol–water partition coefficient (Wildman–Crippen LogP) is 4.20. The van der Waals surface area contributed by atoms with Crippen molar-refractivity contribution >= 4 is 62.7 Å². The summed E-state index contributed by atoms with van der Waals surface area (Å²) in [5.74, 6) is -0.201. The molecule has 30 heavy (non-hydrogen) atoms. The second kappa shape index (κ2) is 8.17. The number of likely N-dealkylation sites (N-methyl/N-ethyl adjacent to an activating group) is 1. The summed E-state index contributed by atoms with van der Waals surface area (Å²) in [6, 6.07) is 13.6. The Morgan fingerprint density at radius 1 is 0.867 bits per heavy atom. The fourth-order valence-corrected chi connectivity index (χ4v) is 4.99. The van der Waals surface area contributed by atoms with Crippen LogP contribution < -0.4 is 9.80 Å². The molecule has 3 aliphatic rings. The number of hydrogen-bond acceptors (Lipinski definition) is 3. The molecule has 0 N–H and O–H groups in total. The van der Waals surface area contributed by atoms with Crippen molar-refractivity contribution in [2.45, 2.75) is 12.8 Å².